The van der Waals surface area contributed by atoms with E-state index in [1.54, 1.807) is 12.3 Å². The van der Waals surface area contributed by atoms with Gasteiger partial charge in [-0.15, -0.1) is 0 Å². The Kier molecular flexibility index (Phi) is 5.84. The molecule has 28 heavy (non-hydrogen) atoms. The number of nitro groups is 1. The summed E-state index contributed by atoms with van der Waals surface area (Å²) < 4.78 is 32.0. The monoisotopic (exact) mass is 397 g/mol. The quantitative estimate of drug-likeness (QED) is 0.389. The van der Waals surface area contributed by atoms with Gasteiger partial charge >= 0.3 is 0 Å². The minimum atomic E-state index is -3.79. The Balaban J connectivity index is 1.51. The van der Waals surface area contributed by atoms with Crippen LogP contribution in [0.4, 0.5) is 5.69 Å². The smallest absolute Gasteiger partial charge is 0.269 e. The number of aromatic nitrogens is 1. The van der Waals surface area contributed by atoms with E-state index in [-0.39, 0.29) is 23.7 Å². The molecule has 3 rings (SSSR count). The van der Waals surface area contributed by atoms with Gasteiger partial charge in [0.1, 0.15) is 12.4 Å². The largest absolute Gasteiger partial charge is 0.481 e. The molecule has 0 aliphatic heterocycles. The Bertz CT molecular complexity index is 1170. The van der Waals surface area contributed by atoms with Crippen LogP contribution in [0, 0.1) is 22.0 Å². The van der Waals surface area contributed by atoms with E-state index >= 15 is 0 Å². The first-order valence-electron chi connectivity index (χ1n) is 8.13. The zero-order chi connectivity index (χ0) is 20.0. The lowest BCUT2D eigenvalue weighted by molar-refractivity contribution is -0.384. The Morgan fingerprint density at radius 3 is 2.64 bits per heavy atom. The molecule has 8 nitrogen and oxygen atoms in total. The number of pyridine rings is 1. The van der Waals surface area contributed by atoms with Crippen LogP contribution in [0.1, 0.15) is 0 Å². The average molecular weight is 397 g/mol. The maximum atomic E-state index is 12.1. The third kappa shape index (κ3) is 4.82. The fraction of sp³-hybridized carbons (Fsp3) is 0.105. The van der Waals surface area contributed by atoms with E-state index in [0.29, 0.717) is 5.75 Å². The fourth-order valence-corrected chi connectivity index (χ4v) is 3.25. The molecule has 0 atom stereocenters. The highest BCUT2D eigenvalue weighted by atomic mass is 32.2. The summed E-state index contributed by atoms with van der Waals surface area (Å²) in [7, 11) is -3.79. The molecule has 0 aliphatic carbocycles. The number of hydrogen-bond donors (Lipinski definition) is 1. The highest BCUT2D eigenvalue weighted by Crippen LogP contribution is 2.18. The van der Waals surface area contributed by atoms with Crippen molar-refractivity contribution in [1.82, 2.24) is 9.71 Å². The predicted octanol–water partition coefficient (Wildman–Crippen LogP) is 2.50. The van der Waals surface area contributed by atoms with Crippen molar-refractivity contribution in [2.75, 3.05) is 13.2 Å². The maximum Gasteiger partial charge on any atom is 0.269 e. The van der Waals surface area contributed by atoms with Crippen LogP contribution in [-0.4, -0.2) is 31.5 Å². The van der Waals surface area contributed by atoms with E-state index in [0.717, 1.165) is 23.0 Å². The summed E-state index contributed by atoms with van der Waals surface area (Å²) in [4.78, 5) is 14.2. The fourth-order valence-electron chi connectivity index (χ4n) is 2.33. The zero-order valence-corrected chi connectivity index (χ0v) is 15.3. The van der Waals surface area contributed by atoms with Gasteiger partial charge in [-0.05, 0) is 30.3 Å². The zero-order valence-electron chi connectivity index (χ0n) is 14.5. The number of sulfonamides is 1. The summed E-state index contributed by atoms with van der Waals surface area (Å²) in [5, 5.41) is 11.6. The number of benzene rings is 2. The van der Waals surface area contributed by atoms with Gasteiger partial charge in [-0.1, -0.05) is 17.9 Å². The molecule has 0 saturated carbocycles. The van der Waals surface area contributed by atoms with Crippen molar-refractivity contribution in [2.24, 2.45) is 0 Å². The first-order chi connectivity index (χ1) is 13.5. The van der Waals surface area contributed by atoms with Crippen molar-refractivity contribution in [3.05, 3.63) is 70.9 Å². The van der Waals surface area contributed by atoms with Crippen LogP contribution in [0.15, 0.2) is 65.7 Å². The van der Waals surface area contributed by atoms with Crippen LogP contribution in [0.2, 0.25) is 0 Å². The summed E-state index contributed by atoms with van der Waals surface area (Å²) in [5.41, 5.74) is 0.628. The van der Waals surface area contributed by atoms with Gasteiger partial charge in [0.15, 0.2) is 0 Å². The lowest BCUT2D eigenvalue weighted by Gasteiger charge is -2.04. The predicted molar refractivity (Wildman–Crippen MR) is 103 cm³/mol. The summed E-state index contributed by atoms with van der Waals surface area (Å²) in [5.74, 6) is 6.00. The number of non-ortho nitro benzene ring substituents is 1. The van der Waals surface area contributed by atoms with Gasteiger partial charge in [0.2, 0.25) is 10.0 Å². The first-order valence-corrected chi connectivity index (χ1v) is 9.61. The minimum Gasteiger partial charge on any atom is -0.481 e. The molecule has 0 aliphatic rings. The van der Waals surface area contributed by atoms with Gasteiger partial charge < -0.3 is 4.74 Å². The first kappa shape index (κ1) is 19.3. The summed E-state index contributed by atoms with van der Waals surface area (Å²) >= 11 is 0. The standard InChI is InChI=1S/C19H15N3O5S/c23-22(24)16-6-9-18(10-7-16)28(25,26)21-12-1-2-13-27-17-8-5-15-4-3-11-20-19(15)14-17/h3-11,14,21H,12-13H2. The number of nitro benzene ring substituents is 1. The van der Waals surface area contributed by atoms with Crippen LogP contribution in [0.3, 0.4) is 0 Å². The Hall–Kier alpha value is -3.48. The number of ether oxygens (including phenoxy) is 1. The van der Waals surface area contributed by atoms with Gasteiger partial charge in [-0.2, -0.15) is 4.72 Å². The third-order valence-corrected chi connectivity index (χ3v) is 5.14. The molecule has 1 heterocycles. The Morgan fingerprint density at radius 1 is 1.11 bits per heavy atom. The van der Waals surface area contributed by atoms with Gasteiger partial charge in [0.25, 0.3) is 5.69 Å². The van der Waals surface area contributed by atoms with Crippen LogP contribution in [0.5, 0.6) is 5.75 Å². The van der Waals surface area contributed by atoms with Gasteiger partial charge in [0.05, 0.1) is 21.9 Å². The number of nitrogens with zero attached hydrogens (tertiary/aromatic N) is 2. The molecule has 0 bridgehead atoms. The molecule has 0 radical (unpaired) electrons. The number of rotatable bonds is 6. The van der Waals surface area contributed by atoms with Crippen molar-refractivity contribution >= 4 is 26.6 Å². The van der Waals surface area contributed by atoms with Gasteiger partial charge in [0, 0.05) is 29.8 Å². The Morgan fingerprint density at radius 2 is 1.89 bits per heavy atom. The van der Waals surface area contributed by atoms with Crippen molar-refractivity contribution < 1.29 is 18.1 Å². The van der Waals surface area contributed by atoms with E-state index in [2.05, 4.69) is 21.5 Å². The van der Waals surface area contributed by atoms with E-state index in [1.165, 1.54) is 12.1 Å². The third-order valence-electron chi connectivity index (χ3n) is 3.72. The highest BCUT2D eigenvalue weighted by Gasteiger charge is 2.14. The van der Waals surface area contributed by atoms with Crippen molar-refractivity contribution in [1.29, 1.82) is 0 Å². The lowest BCUT2D eigenvalue weighted by Crippen LogP contribution is -2.24. The van der Waals surface area contributed by atoms with E-state index in [4.69, 9.17) is 4.74 Å². The summed E-state index contributed by atoms with van der Waals surface area (Å²) in [6.07, 6.45) is 1.70. The maximum absolute atomic E-state index is 12.1. The molecule has 1 aromatic heterocycles. The molecule has 142 valence electrons. The van der Waals surface area contributed by atoms with Gasteiger partial charge in [-0.3, -0.25) is 15.1 Å². The molecule has 2 aromatic carbocycles. The van der Waals surface area contributed by atoms with Crippen molar-refractivity contribution in [3.63, 3.8) is 0 Å². The molecule has 0 saturated heterocycles. The summed E-state index contributed by atoms with van der Waals surface area (Å²) in [6, 6.07) is 13.9. The second-order valence-corrected chi connectivity index (χ2v) is 7.34. The molecular formula is C19H15N3O5S. The topological polar surface area (TPSA) is 111 Å². The number of fused-ring (bicyclic) bond motifs is 1. The van der Waals surface area contributed by atoms with Crippen molar-refractivity contribution in [3.8, 4) is 17.6 Å². The molecule has 3 aromatic rings. The normalized spacial score (nSPS) is 10.9. The Labute approximate surface area is 161 Å². The minimum absolute atomic E-state index is 0.0696. The second-order valence-electron chi connectivity index (χ2n) is 5.58. The molecule has 0 amide bonds. The summed E-state index contributed by atoms with van der Waals surface area (Å²) in [6.45, 7) is -0.0143. The molecule has 0 spiro atoms. The lowest BCUT2D eigenvalue weighted by atomic mass is 10.2. The molecule has 1 N–H and O–H groups in total. The van der Waals surface area contributed by atoms with Crippen LogP contribution >= 0.6 is 0 Å². The van der Waals surface area contributed by atoms with E-state index in [9.17, 15) is 18.5 Å². The SMILES string of the molecule is O=[N+]([O-])c1ccc(S(=O)(=O)NCC#CCOc2ccc3cccnc3c2)cc1. The molecule has 0 fully saturated rings. The van der Waals surface area contributed by atoms with Crippen LogP contribution in [0.25, 0.3) is 10.9 Å². The average Bonchev–Trinajstić information content (AvgIpc) is 2.70. The van der Waals surface area contributed by atoms with E-state index in [1.807, 2.05) is 24.3 Å². The highest BCUT2D eigenvalue weighted by molar-refractivity contribution is 7.89. The van der Waals surface area contributed by atoms with Crippen molar-refractivity contribution in [2.45, 2.75) is 4.90 Å². The van der Waals surface area contributed by atoms with Crippen LogP contribution < -0.4 is 9.46 Å². The number of nitrogens with one attached hydrogen (secondary N) is 1. The van der Waals surface area contributed by atoms with Gasteiger partial charge in [-0.25, -0.2) is 8.42 Å². The second kappa shape index (κ2) is 8.47. The number of hydrogen-bond acceptors (Lipinski definition) is 6. The molecular weight excluding hydrogens is 382 g/mol. The molecule has 0 unspecified atom stereocenters. The molecule has 9 heteroatoms. The van der Waals surface area contributed by atoms with E-state index < -0.39 is 14.9 Å². The van der Waals surface area contributed by atoms with Crippen LogP contribution in [-0.2, 0) is 10.0 Å².